The van der Waals surface area contributed by atoms with Crippen LogP contribution in [0.15, 0.2) is 36.4 Å². The lowest BCUT2D eigenvalue weighted by Crippen LogP contribution is -2.45. The fourth-order valence-electron chi connectivity index (χ4n) is 4.72. The van der Waals surface area contributed by atoms with E-state index in [2.05, 4.69) is 5.32 Å². The Hall–Kier alpha value is -3.20. The van der Waals surface area contributed by atoms with Crippen LogP contribution in [0.2, 0.25) is 0 Å². The van der Waals surface area contributed by atoms with E-state index in [1.807, 2.05) is 26.8 Å². The van der Waals surface area contributed by atoms with Gasteiger partial charge in [0.1, 0.15) is 22.9 Å². The summed E-state index contributed by atoms with van der Waals surface area (Å²) in [6, 6.07) is 9.32. The van der Waals surface area contributed by atoms with E-state index in [1.54, 1.807) is 31.4 Å². The number of ketones is 1. The third-order valence-electron chi connectivity index (χ3n) is 6.55. The van der Waals surface area contributed by atoms with Crippen molar-refractivity contribution in [1.82, 2.24) is 10.2 Å². The Morgan fingerprint density at radius 1 is 1.17 bits per heavy atom. The molecule has 1 unspecified atom stereocenters. The highest BCUT2D eigenvalue weighted by Crippen LogP contribution is 2.35. The molecule has 1 saturated heterocycles. The van der Waals surface area contributed by atoms with Crippen molar-refractivity contribution in [2.45, 2.75) is 56.7 Å². The maximum Gasteiger partial charge on any atom is 0.286 e. The maximum absolute atomic E-state index is 14.8. The predicted octanol–water partition coefficient (Wildman–Crippen LogP) is 4.11. The number of fused-ring (bicyclic) bond motifs is 1. The van der Waals surface area contributed by atoms with Crippen molar-refractivity contribution in [2.75, 3.05) is 13.7 Å². The number of ether oxygens (including phenoxy) is 1. The van der Waals surface area contributed by atoms with Crippen LogP contribution >= 0.6 is 11.8 Å². The number of carbonyl (C=O) groups is 4. The summed E-state index contributed by atoms with van der Waals surface area (Å²) in [5.41, 5.74) is 2.30. The van der Waals surface area contributed by atoms with Crippen LogP contribution in [0, 0.1) is 5.82 Å². The van der Waals surface area contributed by atoms with E-state index in [9.17, 15) is 23.6 Å². The molecule has 2 aromatic rings. The molecule has 2 atom stereocenters. The Morgan fingerprint density at radius 2 is 1.92 bits per heavy atom. The summed E-state index contributed by atoms with van der Waals surface area (Å²) < 4.78 is 20.1. The first-order valence-electron chi connectivity index (χ1n) is 11.8. The molecule has 0 radical (unpaired) electrons. The lowest BCUT2D eigenvalue weighted by molar-refractivity contribution is -0.141. The number of Topliss-reactive ketones (excluding diaryl/α,β-unsaturated/α-hetero) is 1. The van der Waals surface area contributed by atoms with Crippen LogP contribution in [0.5, 0.6) is 5.75 Å². The quantitative estimate of drug-likeness (QED) is 0.626. The largest absolute Gasteiger partial charge is 0.497 e. The monoisotopic (exact) mass is 512 g/mol. The molecule has 4 rings (SSSR count). The molecule has 1 N–H and O–H groups in total. The number of imide groups is 1. The summed E-state index contributed by atoms with van der Waals surface area (Å²) in [7, 11) is 1.56. The summed E-state index contributed by atoms with van der Waals surface area (Å²) in [5.74, 6) is -0.859. The Balaban J connectivity index is 1.63. The van der Waals surface area contributed by atoms with Gasteiger partial charge in [-0.3, -0.25) is 24.5 Å². The van der Waals surface area contributed by atoms with E-state index in [0.717, 1.165) is 17.3 Å². The molecule has 0 saturated carbocycles. The topological polar surface area (TPSA) is 92.8 Å². The van der Waals surface area contributed by atoms with Gasteiger partial charge in [-0.2, -0.15) is 0 Å². The second kappa shape index (κ2) is 10.0. The Labute approximate surface area is 213 Å². The van der Waals surface area contributed by atoms with Crippen molar-refractivity contribution < 1.29 is 28.3 Å². The van der Waals surface area contributed by atoms with E-state index in [4.69, 9.17) is 4.74 Å². The lowest BCUT2D eigenvalue weighted by Gasteiger charge is -2.37. The van der Waals surface area contributed by atoms with Crippen molar-refractivity contribution in [3.05, 3.63) is 64.5 Å². The van der Waals surface area contributed by atoms with E-state index in [0.29, 0.717) is 28.9 Å². The number of nitrogens with zero attached hydrogens (tertiary/aromatic N) is 1. The number of hydrogen-bond acceptors (Lipinski definition) is 6. The molecule has 36 heavy (non-hydrogen) atoms. The van der Waals surface area contributed by atoms with Crippen molar-refractivity contribution in [2.24, 2.45) is 0 Å². The second-order valence-corrected chi connectivity index (χ2v) is 11.3. The zero-order valence-electron chi connectivity index (χ0n) is 20.7. The second-order valence-electron chi connectivity index (χ2n) is 10.1. The first-order chi connectivity index (χ1) is 17.0. The van der Waals surface area contributed by atoms with Crippen molar-refractivity contribution in [1.29, 1.82) is 0 Å². The number of halogens is 1. The molecule has 3 amide bonds. The molecule has 0 bridgehead atoms. The normalized spacial score (nSPS) is 19.6. The number of rotatable bonds is 6. The number of nitrogens with one attached hydrogen (secondary N) is 1. The number of benzene rings is 2. The number of amides is 3. The van der Waals surface area contributed by atoms with Crippen molar-refractivity contribution >= 4 is 34.6 Å². The zero-order valence-corrected chi connectivity index (χ0v) is 21.5. The van der Waals surface area contributed by atoms with Crippen LogP contribution in [0.4, 0.5) is 9.18 Å². The Kier molecular flexibility index (Phi) is 7.22. The summed E-state index contributed by atoms with van der Waals surface area (Å²) in [6.07, 6.45) is 0.269. The van der Waals surface area contributed by atoms with E-state index < -0.39 is 22.4 Å². The molecule has 9 heteroatoms. The summed E-state index contributed by atoms with van der Waals surface area (Å²) in [5, 5.41) is 0.882. The highest BCUT2D eigenvalue weighted by Gasteiger charge is 2.39. The van der Waals surface area contributed by atoms with Crippen LogP contribution in [-0.4, -0.2) is 46.6 Å². The smallest absolute Gasteiger partial charge is 0.286 e. The number of carbonyl (C=O) groups excluding carboxylic acids is 4. The minimum Gasteiger partial charge on any atom is -0.497 e. The minimum absolute atomic E-state index is 0.0571. The predicted molar refractivity (Wildman–Crippen MR) is 134 cm³/mol. The highest BCUT2D eigenvalue weighted by atomic mass is 32.2. The zero-order chi connectivity index (χ0) is 26.2. The molecule has 7 nitrogen and oxygen atoms in total. The van der Waals surface area contributed by atoms with E-state index in [1.165, 1.54) is 11.0 Å². The highest BCUT2D eigenvalue weighted by molar-refractivity contribution is 8.15. The fraction of sp³-hybridized carbons (Fsp3) is 0.407. The van der Waals surface area contributed by atoms with Crippen LogP contribution in [0.1, 0.15) is 55.5 Å². The number of methoxy groups -OCH3 is 1. The van der Waals surface area contributed by atoms with Crippen LogP contribution in [0.25, 0.3) is 0 Å². The molecule has 2 aliphatic heterocycles. The van der Waals surface area contributed by atoms with Gasteiger partial charge in [0.2, 0.25) is 11.8 Å². The molecule has 1 fully saturated rings. The molecule has 2 aliphatic rings. The third kappa shape index (κ3) is 5.31. The van der Waals surface area contributed by atoms with Crippen LogP contribution in [-0.2, 0) is 32.6 Å². The van der Waals surface area contributed by atoms with E-state index in [-0.39, 0.29) is 42.3 Å². The van der Waals surface area contributed by atoms with Crippen molar-refractivity contribution in [3.63, 3.8) is 0 Å². The first-order valence-corrected chi connectivity index (χ1v) is 12.6. The number of hydrogen-bond donors (Lipinski definition) is 1. The fourth-order valence-corrected chi connectivity index (χ4v) is 5.53. The van der Waals surface area contributed by atoms with Gasteiger partial charge in [-0.15, -0.1) is 0 Å². The maximum atomic E-state index is 14.8. The summed E-state index contributed by atoms with van der Waals surface area (Å²) >= 11 is 0.783. The third-order valence-corrected chi connectivity index (χ3v) is 7.53. The molecular weight excluding hydrogens is 483 g/mol. The lowest BCUT2D eigenvalue weighted by atomic mass is 9.85. The SMILES string of the molecule is COc1ccc2c(c1)CCN(C(=O)CC1SC(=O)NC1=O)[C@H]2C(=O)Cc1ccc(C(C)(C)C)c(F)c1. The van der Waals surface area contributed by atoms with Gasteiger partial charge in [0.05, 0.1) is 7.11 Å². The van der Waals surface area contributed by atoms with Gasteiger partial charge in [-0.1, -0.05) is 50.7 Å². The Morgan fingerprint density at radius 3 is 2.53 bits per heavy atom. The van der Waals surface area contributed by atoms with Gasteiger partial charge in [0, 0.05) is 19.4 Å². The van der Waals surface area contributed by atoms with Gasteiger partial charge >= 0.3 is 0 Å². The first kappa shape index (κ1) is 25.9. The van der Waals surface area contributed by atoms with Crippen LogP contribution < -0.4 is 10.1 Å². The minimum atomic E-state index is -0.886. The van der Waals surface area contributed by atoms with Crippen LogP contribution in [0.3, 0.4) is 0 Å². The van der Waals surface area contributed by atoms with Gasteiger partial charge < -0.3 is 9.64 Å². The Bertz CT molecular complexity index is 1240. The molecule has 2 heterocycles. The summed E-state index contributed by atoms with van der Waals surface area (Å²) in [6.45, 7) is 6.04. The molecule has 2 aromatic carbocycles. The average molecular weight is 513 g/mol. The molecule has 190 valence electrons. The van der Waals surface area contributed by atoms with Gasteiger partial charge in [-0.05, 0) is 52.3 Å². The van der Waals surface area contributed by atoms with Crippen molar-refractivity contribution in [3.8, 4) is 5.75 Å². The standard InChI is InChI=1S/C27H29FN2O5S/c1-27(2,3)19-8-5-15(11-20(19)28)12-21(31)24-18-7-6-17(35-4)13-16(18)9-10-30(24)23(32)14-22-25(33)29-26(34)36-22/h5-8,11,13,22,24H,9-10,12,14H2,1-4H3,(H,29,33,34)/t22?,24-/m1/s1. The summed E-state index contributed by atoms with van der Waals surface area (Å²) in [4.78, 5) is 52.0. The van der Waals surface area contributed by atoms with Gasteiger partial charge in [0.25, 0.3) is 5.24 Å². The molecular formula is C27H29FN2O5S. The number of thioether (sulfide) groups is 1. The molecule has 0 aliphatic carbocycles. The molecule has 0 aromatic heterocycles. The van der Waals surface area contributed by atoms with E-state index >= 15 is 0 Å². The average Bonchev–Trinajstić information content (AvgIpc) is 3.13. The van der Waals surface area contributed by atoms with Gasteiger partial charge in [0.15, 0.2) is 5.78 Å². The van der Waals surface area contributed by atoms with Gasteiger partial charge in [-0.25, -0.2) is 4.39 Å². The molecule has 0 spiro atoms.